The average molecular weight is 275 g/mol. The third-order valence-electron chi connectivity index (χ3n) is 2.19. The molecule has 9 nitrogen and oxygen atoms in total. The Labute approximate surface area is 108 Å². The summed E-state index contributed by atoms with van der Waals surface area (Å²) < 4.78 is 4.92. The summed E-state index contributed by atoms with van der Waals surface area (Å²) in [5.74, 6) is -2.68. The summed E-state index contributed by atoms with van der Waals surface area (Å²) >= 11 is 0. The molecule has 2 amide bonds. The van der Waals surface area contributed by atoms with Crippen molar-refractivity contribution in [3.05, 3.63) is 0 Å². The van der Waals surface area contributed by atoms with Gasteiger partial charge >= 0.3 is 17.8 Å². The van der Waals surface area contributed by atoms with Crippen molar-refractivity contribution in [1.29, 1.82) is 0 Å². The number of ether oxygens (including phenoxy) is 1. The Kier molecular flexibility index (Phi) is 4.95. The topological polar surface area (TPSA) is 111 Å². The first-order chi connectivity index (χ1) is 8.90. The highest BCUT2D eigenvalue weighted by molar-refractivity contribution is 5.91. The quantitative estimate of drug-likeness (QED) is 0.186. The number of hydrogen-bond donors (Lipinski definition) is 1. The highest BCUT2D eigenvalue weighted by Gasteiger charge is 2.55. The Bertz CT molecular complexity index is 402. The molecule has 0 spiro atoms. The summed E-state index contributed by atoms with van der Waals surface area (Å²) in [6, 6.07) is 0. The van der Waals surface area contributed by atoms with Gasteiger partial charge in [-0.05, 0) is 6.92 Å². The Morgan fingerprint density at radius 1 is 1.37 bits per heavy atom. The first-order valence-electron chi connectivity index (χ1n) is 5.60. The standard InChI is InChI=1S/C10H15N2O7/c1-3-17-7(2)11-18-6-10(15)19-12(16)8(13)4-5-9(12)14/h16H,3-6H2,1-2H3/q+1. The van der Waals surface area contributed by atoms with E-state index in [9.17, 15) is 19.6 Å². The maximum atomic E-state index is 11.3. The van der Waals surface area contributed by atoms with Gasteiger partial charge in [-0.25, -0.2) is 19.2 Å². The van der Waals surface area contributed by atoms with Gasteiger partial charge in [-0.2, -0.15) is 5.21 Å². The van der Waals surface area contributed by atoms with Gasteiger partial charge in [0, 0.05) is 6.92 Å². The molecule has 1 aliphatic heterocycles. The molecule has 9 heteroatoms. The van der Waals surface area contributed by atoms with E-state index >= 15 is 0 Å². The Hall–Kier alpha value is -2.00. The Morgan fingerprint density at radius 2 is 1.95 bits per heavy atom. The van der Waals surface area contributed by atoms with Crippen LogP contribution in [0.15, 0.2) is 5.16 Å². The molecular weight excluding hydrogens is 260 g/mol. The summed E-state index contributed by atoms with van der Waals surface area (Å²) in [5.41, 5.74) is 0. The van der Waals surface area contributed by atoms with Gasteiger partial charge in [0.05, 0.1) is 19.4 Å². The SMILES string of the molecule is CCOC(C)=NOCC(=O)O[N+]1(O)C(=O)CCC1=O. The number of carbonyl (C=O) groups excluding carboxylic acids is 3. The number of imide groups is 1. The lowest BCUT2D eigenvalue weighted by Crippen LogP contribution is -2.51. The monoisotopic (exact) mass is 275 g/mol. The molecule has 1 fully saturated rings. The predicted octanol–water partition coefficient (Wildman–Crippen LogP) is -0.116. The molecule has 0 saturated carbocycles. The fourth-order valence-electron chi connectivity index (χ4n) is 1.34. The molecule has 0 radical (unpaired) electrons. The van der Waals surface area contributed by atoms with Crippen LogP contribution in [0.1, 0.15) is 26.7 Å². The van der Waals surface area contributed by atoms with Crippen LogP contribution < -0.4 is 0 Å². The van der Waals surface area contributed by atoms with E-state index in [2.05, 4.69) is 14.8 Å². The zero-order valence-corrected chi connectivity index (χ0v) is 10.6. The number of quaternary nitrogens is 1. The van der Waals surface area contributed by atoms with Crippen molar-refractivity contribution >= 4 is 23.7 Å². The van der Waals surface area contributed by atoms with E-state index in [1.807, 2.05) is 0 Å². The first-order valence-corrected chi connectivity index (χ1v) is 5.60. The molecule has 1 saturated heterocycles. The van der Waals surface area contributed by atoms with Crippen molar-refractivity contribution in [3.63, 3.8) is 0 Å². The molecule has 0 bridgehead atoms. The van der Waals surface area contributed by atoms with Gasteiger partial charge in [0.1, 0.15) is 4.81 Å². The lowest BCUT2D eigenvalue weighted by Gasteiger charge is -2.15. The summed E-state index contributed by atoms with van der Waals surface area (Å²) in [6.07, 6.45) is -0.351. The zero-order chi connectivity index (χ0) is 14.5. The second kappa shape index (κ2) is 6.25. The molecule has 1 aliphatic rings. The van der Waals surface area contributed by atoms with Gasteiger partial charge in [-0.1, -0.05) is 5.16 Å². The zero-order valence-electron chi connectivity index (χ0n) is 10.6. The molecule has 1 N–H and O–H groups in total. The second-order valence-electron chi connectivity index (χ2n) is 3.64. The second-order valence-corrected chi connectivity index (χ2v) is 3.64. The number of amides is 2. The number of oxime groups is 1. The lowest BCUT2D eigenvalue weighted by molar-refractivity contribution is -1.12. The van der Waals surface area contributed by atoms with E-state index in [1.165, 1.54) is 6.92 Å². The molecule has 1 heterocycles. The minimum absolute atomic E-state index is 0.176. The minimum atomic E-state index is -1.96. The Balaban J connectivity index is 2.46. The van der Waals surface area contributed by atoms with Crippen molar-refractivity contribution < 1.29 is 38.8 Å². The molecule has 0 atom stereocenters. The minimum Gasteiger partial charge on any atom is -0.479 e. The maximum Gasteiger partial charge on any atom is 0.412 e. The fraction of sp³-hybridized carbons (Fsp3) is 0.600. The smallest absolute Gasteiger partial charge is 0.412 e. The number of rotatable bonds is 5. The van der Waals surface area contributed by atoms with Gasteiger partial charge in [-0.15, -0.1) is 0 Å². The van der Waals surface area contributed by atoms with Crippen LogP contribution in [0.3, 0.4) is 0 Å². The van der Waals surface area contributed by atoms with E-state index in [0.717, 1.165) is 0 Å². The summed E-state index contributed by atoms with van der Waals surface area (Å²) in [7, 11) is 0. The van der Waals surface area contributed by atoms with E-state index in [0.29, 0.717) is 6.61 Å². The van der Waals surface area contributed by atoms with Crippen LogP contribution in [0.25, 0.3) is 0 Å². The highest BCUT2D eigenvalue weighted by Crippen LogP contribution is 2.20. The largest absolute Gasteiger partial charge is 0.479 e. The van der Waals surface area contributed by atoms with E-state index < -0.39 is 29.2 Å². The molecule has 0 aliphatic carbocycles. The summed E-state index contributed by atoms with van der Waals surface area (Å²) in [6.45, 7) is 2.99. The summed E-state index contributed by atoms with van der Waals surface area (Å²) in [4.78, 5) is 40.8. The fourth-order valence-corrected chi connectivity index (χ4v) is 1.34. The van der Waals surface area contributed by atoms with E-state index in [-0.39, 0.29) is 18.7 Å². The van der Waals surface area contributed by atoms with Crippen LogP contribution in [-0.4, -0.2) is 46.9 Å². The molecule has 0 aromatic carbocycles. The number of carbonyl (C=O) groups is 3. The van der Waals surface area contributed by atoms with Crippen LogP contribution in [-0.2, 0) is 28.8 Å². The van der Waals surface area contributed by atoms with Gasteiger partial charge in [0.15, 0.2) is 0 Å². The van der Waals surface area contributed by atoms with Crippen LogP contribution in [0.2, 0.25) is 0 Å². The van der Waals surface area contributed by atoms with E-state index in [4.69, 9.17) is 4.74 Å². The normalized spacial score (nSPS) is 18.4. The van der Waals surface area contributed by atoms with Crippen molar-refractivity contribution in [2.24, 2.45) is 5.16 Å². The lowest BCUT2D eigenvalue weighted by atomic mass is 10.4. The molecule has 0 unspecified atom stereocenters. The van der Waals surface area contributed by atoms with Crippen molar-refractivity contribution in [3.8, 4) is 0 Å². The van der Waals surface area contributed by atoms with Crippen LogP contribution in [0, 0.1) is 0 Å². The van der Waals surface area contributed by atoms with Crippen molar-refractivity contribution in [2.75, 3.05) is 13.2 Å². The Morgan fingerprint density at radius 3 is 2.47 bits per heavy atom. The number of nitrogens with zero attached hydrogens (tertiary/aromatic N) is 2. The third kappa shape index (κ3) is 3.73. The maximum absolute atomic E-state index is 11.3. The highest BCUT2D eigenvalue weighted by atomic mass is 17.0. The predicted molar refractivity (Wildman–Crippen MR) is 58.1 cm³/mol. The van der Waals surface area contributed by atoms with Crippen LogP contribution in [0.5, 0.6) is 0 Å². The van der Waals surface area contributed by atoms with Crippen molar-refractivity contribution in [2.45, 2.75) is 26.7 Å². The van der Waals surface area contributed by atoms with Crippen LogP contribution >= 0.6 is 0 Å². The first kappa shape index (κ1) is 15.1. The van der Waals surface area contributed by atoms with Gasteiger partial charge in [0.25, 0.3) is 0 Å². The molecular formula is C10H15N2O7+. The number of hydrogen-bond acceptors (Lipinski definition) is 8. The summed E-state index contributed by atoms with van der Waals surface area (Å²) in [5, 5.41) is 13.0. The third-order valence-corrected chi connectivity index (χ3v) is 2.19. The van der Waals surface area contributed by atoms with Gasteiger partial charge in [0.2, 0.25) is 12.5 Å². The molecule has 106 valence electrons. The number of hydroxylamine groups is 4. The average Bonchev–Trinajstić information content (AvgIpc) is 2.57. The molecule has 0 aromatic heterocycles. The molecule has 0 aromatic rings. The molecule has 1 rings (SSSR count). The van der Waals surface area contributed by atoms with Gasteiger partial charge in [-0.3, -0.25) is 0 Å². The van der Waals surface area contributed by atoms with Gasteiger partial charge < -0.3 is 9.57 Å². The molecule has 19 heavy (non-hydrogen) atoms. The van der Waals surface area contributed by atoms with Crippen LogP contribution in [0.4, 0.5) is 0 Å². The van der Waals surface area contributed by atoms with E-state index in [1.54, 1.807) is 6.92 Å². The van der Waals surface area contributed by atoms with Crippen molar-refractivity contribution in [1.82, 2.24) is 0 Å².